The predicted octanol–water partition coefficient (Wildman–Crippen LogP) is 3.89. The van der Waals surface area contributed by atoms with Crippen LogP contribution in [-0.2, 0) is 0 Å². The molecule has 0 aliphatic carbocycles. The zero-order chi connectivity index (χ0) is 13.3. The van der Waals surface area contributed by atoms with Gasteiger partial charge < -0.3 is 5.11 Å². The number of rotatable bonds is 2. The van der Waals surface area contributed by atoms with Crippen molar-refractivity contribution in [2.75, 3.05) is 0 Å². The maximum Gasteiger partial charge on any atom is 0.355 e. The third-order valence-electron chi connectivity index (χ3n) is 2.29. The van der Waals surface area contributed by atoms with Crippen LogP contribution in [0, 0.1) is 5.95 Å². The van der Waals surface area contributed by atoms with Gasteiger partial charge >= 0.3 is 5.97 Å². The van der Waals surface area contributed by atoms with Gasteiger partial charge in [-0.3, -0.25) is 0 Å². The summed E-state index contributed by atoms with van der Waals surface area (Å²) in [6.07, 6.45) is 0. The summed E-state index contributed by atoms with van der Waals surface area (Å²) in [5.41, 5.74) is 0.288. The highest BCUT2D eigenvalue weighted by atomic mass is 35.5. The summed E-state index contributed by atoms with van der Waals surface area (Å²) in [7, 11) is 0. The Balaban J connectivity index is 2.67. The number of aromatic carboxylic acids is 1. The minimum atomic E-state index is -1.32. The Bertz CT molecular complexity index is 631. The van der Waals surface area contributed by atoms with Gasteiger partial charge in [0.25, 0.3) is 0 Å². The number of aromatic nitrogens is 1. The van der Waals surface area contributed by atoms with Crippen molar-refractivity contribution in [1.82, 2.24) is 4.98 Å². The highest BCUT2D eigenvalue weighted by Gasteiger charge is 2.16. The third-order valence-corrected chi connectivity index (χ3v) is 2.83. The number of nitrogens with zero attached hydrogens (tertiary/aromatic N) is 1. The normalized spacial score (nSPS) is 10.4. The Hall–Kier alpha value is -1.65. The predicted molar refractivity (Wildman–Crippen MR) is 66.6 cm³/mol. The lowest BCUT2D eigenvalue weighted by Gasteiger charge is -2.07. The van der Waals surface area contributed by atoms with E-state index in [9.17, 15) is 9.18 Å². The van der Waals surface area contributed by atoms with E-state index in [2.05, 4.69) is 4.98 Å². The van der Waals surface area contributed by atoms with E-state index in [1.54, 1.807) is 12.1 Å². The zero-order valence-electron chi connectivity index (χ0n) is 8.82. The Labute approximate surface area is 112 Å². The molecule has 0 saturated carbocycles. The van der Waals surface area contributed by atoms with Gasteiger partial charge in [0.1, 0.15) is 0 Å². The molecule has 0 aliphatic rings. The Morgan fingerprint density at radius 1 is 1.17 bits per heavy atom. The van der Waals surface area contributed by atoms with Crippen molar-refractivity contribution >= 4 is 29.2 Å². The topological polar surface area (TPSA) is 50.2 Å². The molecule has 0 bridgehead atoms. The molecule has 0 spiro atoms. The van der Waals surface area contributed by atoms with Crippen LogP contribution in [0.3, 0.4) is 0 Å². The van der Waals surface area contributed by atoms with Crippen molar-refractivity contribution in [1.29, 1.82) is 0 Å². The zero-order valence-corrected chi connectivity index (χ0v) is 10.3. The van der Waals surface area contributed by atoms with Gasteiger partial charge in [0.05, 0.1) is 0 Å². The van der Waals surface area contributed by atoms with Gasteiger partial charge in [-0.25, -0.2) is 9.78 Å². The van der Waals surface area contributed by atoms with Crippen LogP contribution in [0.1, 0.15) is 10.5 Å². The van der Waals surface area contributed by atoms with Gasteiger partial charge in [-0.05, 0) is 24.3 Å². The summed E-state index contributed by atoms with van der Waals surface area (Å²) in [6, 6.07) is 7.00. The summed E-state index contributed by atoms with van der Waals surface area (Å²) < 4.78 is 13.0. The van der Waals surface area contributed by atoms with Crippen molar-refractivity contribution in [3.05, 3.63) is 52.0 Å². The van der Waals surface area contributed by atoms with Gasteiger partial charge in [0.15, 0.2) is 5.69 Å². The van der Waals surface area contributed by atoms with Crippen LogP contribution >= 0.6 is 23.2 Å². The second-order valence-corrected chi connectivity index (χ2v) is 4.30. The number of halogens is 3. The van der Waals surface area contributed by atoms with Crippen LogP contribution in [0.4, 0.5) is 4.39 Å². The standard InChI is InChI=1S/C12H6Cl2FNO2/c13-6-1-2-7(9(14)5-6)8-3-4-10(15)16-11(8)12(17)18/h1-5H,(H,17,18). The van der Waals surface area contributed by atoms with Crippen molar-refractivity contribution in [3.63, 3.8) is 0 Å². The first-order valence-corrected chi connectivity index (χ1v) is 5.60. The molecule has 0 amide bonds. The Morgan fingerprint density at radius 3 is 2.44 bits per heavy atom. The van der Waals surface area contributed by atoms with Crippen molar-refractivity contribution in [3.8, 4) is 11.1 Å². The highest BCUT2D eigenvalue weighted by molar-refractivity contribution is 6.36. The van der Waals surface area contributed by atoms with Crippen LogP contribution in [0.5, 0.6) is 0 Å². The largest absolute Gasteiger partial charge is 0.476 e. The molecule has 0 unspecified atom stereocenters. The molecule has 18 heavy (non-hydrogen) atoms. The maximum atomic E-state index is 13.0. The van der Waals surface area contributed by atoms with E-state index in [1.807, 2.05) is 0 Å². The van der Waals surface area contributed by atoms with Gasteiger partial charge in [-0.1, -0.05) is 29.3 Å². The lowest BCUT2D eigenvalue weighted by Crippen LogP contribution is -2.04. The molecule has 0 fully saturated rings. The Kier molecular flexibility index (Phi) is 3.50. The van der Waals surface area contributed by atoms with Crippen LogP contribution in [-0.4, -0.2) is 16.1 Å². The van der Waals surface area contributed by atoms with E-state index in [0.29, 0.717) is 10.6 Å². The average Bonchev–Trinajstić information content (AvgIpc) is 2.29. The molecule has 92 valence electrons. The summed E-state index contributed by atoms with van der Waals surface area (Å²) in [5, 5.41) is 9.70. The molecule has 0 saturated heterocycles. The van der Waals surface area contributed by atoms with Crippen LogP contribution in [0.15, 0.2) is 30.3 Å². The lowest BCUT2D eigenvalue weighted by atomic mass is 10.0. The quantitative estimate of drug-likeness (QED) is 0.852. The Morgan fingerprint density at radius 2 is 1.83 bits per heavy atom. The SMILES string of the molecule is O=C(O)c1nc(F)ccc1-c1ccc(Cl)cc1Cl. The number of carboxylic acids is 1. The molecule has 1 N–H and O–H groups in total. The van der Waals surface area contributed by atoms with Crippen LogP contribution in [0.2, 0.25) is 10.0 Å². The third kappa shape index (κ3) is 2.44. The second-order valence-electron chi connectivity index (χ2n) is 3.46. The van der Waals surface area contributed by atoms with Gasteiger partial charge in [-0.15, -0.1) is 0 Å². The molecular formula is C12H6Cl2FNO2. The number of hydrogen-bond donors (Lipinski definition) is 1. The van der Waals surface area contributed by atoms with E-state index in [1.165, 1.54) is 12.1 Å². The molecule has 0 radical (unpaired) electrons. The highest BCUT2D eigenvalue weighted by Crippen LogP contribution is 2.32. The summed E-state index contributed by atoms with van der Waals surface area (Å²) in [6.45, 7) is 0. The first kappa shape index (κ1) is 12.8. The maximum absolute atomic E-state index is 13.0. The molecule has 1 heterocycles. The fourth-order valence-electron chi connectivity index (χ4n) is 1.52. The molecule has 0 aliphatic heterocycles. The molecular weight excluding hydrogens is 280 g/mol. The number of carboxylic acid groups (broad SMARTS) is 1. The van der Waals surface area contributed by atoms with Crippen LogP contribution in [0.25, 0.3) is 11.1 Å². The molecule has 2 aromatic rings. The fraction of sp³-hybridized carbons (Fsp3) is 0. The molecule has 6 heteroatoms. The van der Waals surface area contributed by atoms with Gasteiger partial charge in [0, 0.05) is 21.2 Å². The lowest BCUT2D eigenvalue weighted by molar-refractivity contribution is 0.0690. The number of hydrogen-bond acceptors (Lipinski definition) is 2. The van der Waals surface area contributed by atoms with E-state index >= 15 is 0 Å². The first-order valence-electron chi connectivity index (χ1n) is 4.84. The van der Waals surface area contributed by atoms with E-state index in [4.69, 9.17) is 28.3 Å². The van der Waals surface area contributed by atoms with Crippen molar-refractivity contribution in [2.45, 2.75) is 0 Å². The smallest absolute Gasteiger partial charge is 0.355 e. The fourth-order valence-corrected chi connectivity index (χ4v) is 2.03. The van der Waals surface area contributed by atoms with E-state index in [-0.39, 0.29) is 16.3 Å². The molecule has 1 aromatic carbocycles. The van der Waals surface area contributed by atoms with Gasteiger partial charge in [0.2, 0.25) is 5.95 Å². The average molecular weight is 286 g/mol. The second kappa shape index (κ2) is 4.92. The molecule has 2 rings (SSSR count). The van der Waals surface area contributed by atoms with E-state index in [0.717, 1.165) is 6.07 Å². The number of pyridine rings is 1. The van der Waals surface area contributed by atoms with Crippen molar-refractivity contribution < 1.29 is 14.3 Å². The first-order chi connectivity index (χ1) is 8.49. The number of benzene rings is 1. The molecule has 3 nitrogen and oxygen atoms in total. The molecule has 1 aromatic heterocycles. The minimum Gasteiger partial charge on any atom is -0.476 e. The van der Waals surface area contributed by atoms with E-state index < -0.39 is 11.9 Å². The number of carbonyl (C=O) groups is 1. The monoisotopic (exact) mass is 285 g/mol. The van der Waals surface area contributed by atoms with Crippen LogP contribution < -0.4 is 0 Å². The summed E-state index contributed by atoms with van der Waals surface area (Å²) in [4.78, 5) is 14.4. The minimum absolute atomic E-state index is 0.241. The van der Waals surface area contributed by atoms with Crippen molar-refractivity contribution in [2.24, 2.45) is 0 Å². The van der Waals surface area contributed by atoms with Gasteiger partial charge in [-0.2, -0.15) is 4.39 Å². The summed E-state index contributed by atoms with van der Waals surface area (Å²) >= 11 is 11.7. The summed E-state index contributed by atoms with van der Waals surface area (Å²) in [5.74, 6) is -2.18. The molecule has 0 atom stereocenters.